The van der Waals surface area contributed by atoms with Crippen LogP contribution in [0.4, 0.5) is 4.79 Å². The van der Waals surface area contributed by atoms with Crippen LogP contribution < -0.4 is 20.6 Å². The monoisotopic (exact) mass is 489 g/mol. The summed E-state index contributed by atoms with van der Waals surface area (Å²) >= 11 is 0. The first-order valence-electron chi connectivity index (χ1n) is 11.7. The Morgan fingerprint density at radius 2 is 1.83 bits per heavy atom. The van der Waals surface area contributed by atoms with Crippen LogP contribution in [0.3, 0.4) is 0 Å². The number of nitrogens with two attached hydrogens (primary N) is 1. The molecule has 9 nitrogen and oxygen atoms in total. The minimum atomic E-state index is -0.966. The van der Waals surface area contributed by atoms with E-state index in [0.717, 1.165) is 18.4 Å². The molecule has 9 heteroatoms. The molecule has 0 heterocycles. The highest BCUT2D eigenvalue weighted by Gasteiger charge is 2.26. The van der Waals surface area contributed by atoms with Crippen LogP contribution in [0, 0.1) is 0 Å². The summed E-state index contributed by atoms with van der Waals surface area (Å²) in [6.45, 7) is 4.29. The highest BCUT2D eigenvalue weighted by atomic mass is 16.7. The number of carbonyl (C=O) groups excluding carboxylic acids is 2. The van der Waals surface area contributed by atoms with Crippen LogP contribution in [0.15, 0.2) is 54.6 Å². The van der Waals surface area contributed by atoms with Gasteiger partial charge in [-0.05, 0) is 44.5 Å². The van der Waals surface area contributed by atoms with Crippen molar-refractivity contribution in [2.45, 2.75) is 51.4 Å². The normalized spacial score (nSPS) is 13.0. The van der Waals surface area contributed by atoms with Gasteiger partial charge in [0.25, 0.3) is 0 Å². The molecule has 35 heavy (non-hydrogen) atoms. The number of nitrogens with one attached hydrogen (secondary N) is 1. The van der Waals surface area contributed by atoms with Gasteiger partial charge in [-0.3, -0.25) is 4.79 Å². The van der Waals surface area contributed by atoms with Crippen LogP contribution in [0.5, 0.6) is 11.5 Å². The molecule has 2 aromatic carbocycles. The van der Waals surface area contributed by atoms with E-state index in [-0.39, 0.29) is 6.54 Å². The zero-order valence-electron chi connectivity index (χ0n) is 21.1. The van der Waals surface area contributed by atoms with Gasteiger partial charge in [-0.2, -0.15) is 0 Å². The van der Waals surface area contributed by atoms with Gasteiger partial charge in [0.05, 0.1) is 25.8 Å². The largest absolute Gasteiger partial charge is 0.497 e. The van der Waals surface area contributed by atoms with E-state index in [0.29, 0.717) is 30.8 Å². The van der Waals surface area contributed by atoms with Gasteiger partial charge in [0.2, 0.25) is 0 Å². The number of carbonyl (C=O) groups is 2. The number of hydrogen-bond acceptors (Lipinski definition) is 8. The fourth-order valence-electron chi connectivity index (χ4n) is 3.18. The molecule has 0 saturated heterocycles. The number of benzene rings is 2. The SMILES string of the molecule is CCCCN(CC(O)C(Cc1ccccc1)NC(=O)OC(C)C=O)Oc1cccc(OC)c1.CN. The maximum Gasteiger partial charge on any atom is 0.408 e. The Balaban J connectivity index is 0.00000298. The summed E-state index contributed by atoms with van der Waals surface area (Å²) in [6, 6.07) is 16.1. The molecular formula is C26H39N3O6. The van der Waals surface area contributed by atoms with Gasteiger partial charge in [-0.25, -0.2) is 4.79 Å². The van der Waals surface area contributed by atoms with Crippen molar-refractivity contribution in [1.29, 1.82) is 0 Å². The summed E-state index contributed by atoms with van der Waals surface area (Å²) in [7, 11) is 3.09. The molecule has 2 aromatic rings. The van der Waals surface area contributed by atoms with Crippen LogP contribution in [0.25, 0.3) is 0 Å². The number of nitrogens with zero attached hydrogens (tertiary/aromatic N) is 1. The number of alkyl carbamates (subject to hydrolysis) is 1. The topological polar surface area (TPSA) is 123 Å². The molecule has 3 unspecified atom stereocenters. The number of unbranched alkanes of at least 4 members (excludes halogenated alkanes) is 1. The van der Waals surface area contributed by atoms with Gasteiger partial charge in [0, 0.05) is 12.6 Å². The maximum absolute atomic E-state index is 12.3. The first-order valence-corrected chi connectivity index (χ1v) is 11.7. The molecule has 2 rings (SSSR count). The third-order valence-corrected chi connectivity index (χ3v) is 4.98. The molecule has 0 aliphatic carbocycles. The Kier molecular flexibility index (Phi) is 14.8. The number of ether oxygens (including phenoxy) is 2. The van der Waals surface area contributed by atoms with Crippen molar-refractivity contribution in [3.63, 3.8) is 0 Å². The Labute approximate surface area is 208 Å². The zero-order valence-corrected chi connectivity index (χ0v) is 21.1. The lowest BCUT2D eigenvalue weighted by Crippen LogP contribution is -2.50. The number of aliphatic hydroxyl groups excluding tert-OH is 1. The number of hydrogen-bond donors (Lipinski definition) is 3. The first kappa shape index (κ1) is 29.9. The van der Waals surface area contributed by atoms with Crippen molar-refractivity contribution in [3.8, 4) is 11.5 Å². The lowest BCUT2D eigenvalue weighted by molar-refractivity contribution is -0.114. The summed E-state index contributed by atoms with van der Waals surface area (Å²) in [4.78, 5) is 29.1. The average molecular weight is 490 g/mol. The van der Waals surface area contributed by atoms with Crippen molar-refractivity contribution < 1.29 is 29.0 Å². The fraction of sp³-hybridized carbons (Fsp3) is 0.462. The Morgan fingerprint density at radius 3 is 2.46 bits per heavy atom. The van der Waals surface area contributed by atoms with E-state index in [4.69, 9.17) is 14.3 Å². The predicted octanol–water partition coefficient (Wildman–Crippen LogP) is 2.95. The average Bonchev–Trinajstić information content (AvgIpc) is 2.88. The molecule has 0 aliphatic heterocycles. The second-order valence-corrected chi connectivity index (χ2v) is 7.77. The maximum atomic E-state index is 12.3. The van der Waals surface area contributed by atoms with Crippen molar-refractivity contribution in [3.05, 3.63) is 60.2 Å². The number of aliphatic hydroxyl groups is 1. The standard InChI is InChI=1S/C25H34N2O6.CH5N/c1-4-5-14-27(33-22-13-9-12-21(16-22)31-3)17-24(29)23(15-20-10-7-6-8-11-20)26-25(30)32-19(2)18-28;1-2/h6-13,16,18-19,23-24,29H,4-5,14-15,17H2,1-3H3,(H,26,30);2H2,1H3. The van der Waals surface area contributed by atoms with Crippen molar-refractivity contribution in [2.75, 3.05) is 27.2 Å². The van der Waals surface area contributed by atoms with E-state index in [1.54, 1.807) is 18.2 Å². The second kappa shape index (κ2) is 17.3. The summed E-state index contributed by atoms with van der Waals surface area (Å²) in [6.07, 6.45) is 0.138. The van der Waals surface area contributed by atoms with Crippen molar-refractivity contribution >= 4 is 12.4 Å². The summed E-state index contributed by atoms with van der Waals surface area (Å²) in [5.41, 5.74) is 5.44. The molecule has 0 radical (unpaired) electrons. The first-order chi connectivity index (χ1) is 16.9. The molecule has 0 bridgehead atoms. The lowest BCUT2D eigenvalue weighted by atomic mass is 10.0. The zero-order chi connectivity index (χ0) is 26.1. The number of amides is 1. The number of methoxy groups -OCH3 is 1. The van der Waals surface area contributed by atoms with Crippen molar-refractivity contribution in [2.24, 2.45) is 5.73 Å². The van der Waals surface area contributed by atoms with E-state index in [9.17, 15) is 14.7 Å². The quantitative estimate of drug-likeness (QED) is 0.273. The van der Waals surface area contributed by atoms with E-state index < -0.39 is 24.3 Å². The summed E-state index contributed by atoms with van der Waals surface area (Å²) < 4.78 is 10.3. The van der Waals surface area contributed by atoms with Crippen LogP contribution >= 0.6 is 0 Å². The molecular weight excluding hydrogens is 450 g/mol. The third kappa shape index (κ3) is 11.7. The number of aldehydes is 1. The molecule has 0 fully saturated rings. The van der Waals surface area contributed by atoms with Crippen molar-refractivity contribution in [1.82, 2.24) is 10.4 Å². The summed E-state index contributed by atoms with van der Waals surface area (Å²) in [5.74, 6) is 1.25. The van der Waals surface area contributed by atoms with Gasteiger partial charge in [-0.15, -0.1) is 5.06 Å². The Bertz CT molecular complexity index is 852. The molecule has 0 aromatic heterocycles. The molecule has 1 amide bonds. The summed E-state index contributed by atoms with van der Waals surface area (Å²) in [5, 5.41) is 15.5. The van der Waals surface area contributed by atoms with Gasteiger partial charge in [-0.1, -0.05) is 49.7 Å². The molecule has 3 atom stereocenters. The minimum absolute atomic E-state index is 0.151. The van der Waals surface area contributed by atoms with E-state index >= 15 is 0 Å². The molecule has 0 spiro atoms. The van der Waals surface area contributed by atoms with Crippen LogP contribution in [0.2, 0.25) is 0 Å². The van der Waals surface area contributed by atoms with Crippen LogP contribution in [-0.4, -0.2) is 68.0 Å². The molecule has 194 valence electrons. The third-order valence-electron chi connectivity index (χ3n) is 4.98. The van der Waals surface area contributed by atoms with E-state index in [1.807, 2.05) is 48.5 Å². The van der Waals surface area contributed by atoms with Gasteiger partial charge < -0.3 is 30.5 Å². The Morgan fingerprint density at radius 1 is 1.14 bits per heavy atom. The minimum Gasteiger partial charge on any atom is -0.497 e. The highest BCUT2D eigenvalue weighted by molar-refractivity contribution is 5.71. The van der Waals surface area contributed by atoms with Gasteiger partial charge in [0.1, 0.15) is 5.75 Å². The fourth-order valence-corrected chi connectivity index (χ4v) is 3.18. The Hall–Kier alpha value is -3.14. The smallest absolute Gasteiger partial charge is 0.408 e. The second-order valence-electron chi connectivity index (χ2n) is 7.77. The van der Waals surface area contributed by atoms with Crippen LogP contribution in [-0.2, 0) is 16.0 Å². The molecule has 0 saturated carbocycles. The lowest BCUT2D eigenvalue weighted by Gasteiger charge is -2.30. The predicted molar refractivity (Wildman–Crippen MR) is 135 cm³/mol. The molecule has 4 N–H and O–H groups in total. The van der Waals surface area contributed by atoms with Crippen LogP contribution in [0.1, 0.15) is 32.3 Å². The van der Waals surface area contributed by atoms with Gasteiger partial charge >= 0.3 is 6.09 Å². The highest BCUT2D eigenvalue weighted by Crippen LogP contribution is 2.20. The number of hydroxylamine groups is 2. The molecule has 0 aliphatic rings. The van der Waals surface area contributed by atoms with E-state index in [2.05, 4.69) is 18.0 Å². The van der Waals surface area contributed by atoms with E-state index in [1.165, 1.54) is 14.0 Å². The van der Waals surface area contributed by atoms with Gasteiger partial charge in [0.15, 0.2) is 18.1 Å². The number of rotatable bonds is 14.